The minimum Gasteiger partial charge on any atom is -0.465 e. The lowest BCUT2D eigenvalue weighted by Crippen LogP contribution is -2.56. The van der Waals surface area contributed by atoms with Crippen LogP contribution < -0.4 is 5.32 Å². The zero-order valence-electron chi connectivity index (χ0n) is 12.9. The maximum Gasteiger partial charge on any atom is 0.326 e. The Morgan fingerprint density at radius 2 is 2.14 bits per heavy atom. The topological polar surface area (TPSA) is 56.8 Å². The molecule has 1 heterocycles. The molecule has 3 aliphatic rings. The molecule has 1 saturated heterocycles. The zero-order chi connectivity index (χ0) is 14.7. The summed E-state index contributed by atoms with van der Waals surface area (Å²) in [5, 5.41) is 3.61. The number of rotatable bonds is 8. The van der Waals surface area contributed by atoms with E-state index in [-0.39, 0.29) is 12.1 Å². The number of nitrogens with one attached hydrogen (secondary N) is 1. The molecule has 3 rings (SSSR count). The second-order valence-electron chi connectivity index (χ2n) is 6.52. The van der Waals surface area contributed by atoms with E-state index in [0.29, 0.717) is 38.4 Å². The Morgan fingerprint density at radius 1 is 1.33 bits per heavy atom. The van der Waals surface area contributed by atoms with Gasteiger partial charge < -0.3 is 14.2 Å². The predicted octanol–water partition coefficient (Wildman–Crippen LogP) is 1.65. The number of hydrogen-bond acceptors (Lipinski definition) is 5. The van der Waals surface area contributed by atoms with E-state index in [1.807, 2.05) is 6.92 Å². The molecule has 2 unspecified atom stereocenters. The molecule has 5 heteroatoms. The van der Waals surface area contributed by atoms with Crippen molar-refractivity contribution in [3.05, 3.63) is 0 Å². The predicted molar refractivity (Wildman–Crippen MR) is 78.0 cm³/mol. The van der Waals surface area contributed by atoms with Crippen LogP contribution in [0.1, 0.15) is 45.4 Å². The summed E-state index contributed by atoms with van der Waals surface area (Å²) < 4.78 is 16.3. The van der Waals surface area contributed by atoms with Crippen LogP contribution in [-0.4, -0.2) is 50.1 Å². The number of ether oxygens (including phenoxy) is 3. The maximum absolute atomic E-state index is 12.6. The molecule has 2 saturated carbocycles. The molecular weight excluding hydrogens is 270 g/mol. The molecule has 0 spiro atoms. The Balaban J connectivity index is 1.59. The third-order valence-electron chi connectivity index (χ3n) is 4.93. The summed E-state index contributed by atoms with van der Waals surface area (Å²) in [5.41, 5.74) is -0.462. The molecule has 21 heavy (non-hydrogen) atoms. The van der Waals surface area contributed by atoms with Gasteiger partial charge in [0.05, 0.1) is 19.8 Å². The van der Waals surface area contributed by atoms with E-state index >= 15 is 0 Å². The maximum atomic E-state index is 12.6. The van der Waals surface area contributed by atoms with Crippen molar-refractivity contribution < 1.29 is 19.0 Å². The number of esters is 1. The van der Waals surface area contributed by atoms with E-state index in [0.717, 1.165) is 25.7 Å². The fourth-order valence-corrected chi connectivity index (χ4v) is 3.53. The molecule has 1 aliphatic heterocycles. The van der Waals surface area contributed by atoms with Gasteiger partial charge in [0.15, 0.2) is 0 Å². The van der Waals surface area contributed by atoms with Gasteiger partial charge in [-0.1, -0.05) is 6.42 Å². The zero-order valence-corrected chi connectivity index (χ0v) is 12.9. The molecular formula is C16H27NO4. The van der Waals surface area contributed by atoms with Crippen molar-refractivity contribution in [2.24, 2.45) is 5.92 Å². The normalized spacial score (nSPS) is 32.9. The SMILES string of the molecule is CCOC(=O)C1(NC2CC2)CCCC1CCOC1COC1. The molecule has 3 fully saturated rings. The second kappa shape index (κ2) is 6.63. The van der Waals surface area contributed by atoms with Crippen molar-refractivity contribution in [2.45, 2.75) is 63.1 Å². The van der Waals surface area contributed by atoms with Crippen molar-refractivity contribution in [3.8, 4) is 0 Å². The molecule has 0 aromatic heterocycles. The Bertz CT molecular complexity index is 367. The minimum atomic E-state index is -0.462. The van der Waals surface area contributed by atoms with Crippen LogP contribution in [-0.2, 0) is 19.0 Å². The molecule has 0 radical (unpaired) electrons. The lowest BCUT2D eigenvalue weighted by Gasteiger charge is -2.35. The Labute approximate surface area is 126 Å². The molecule has 0 bridgehead atoms. The van der Waals surface area contributed by atoms with Crippen molar-refractivity contribution in [3.63, 3.8) is 0 Å². The Hall–Kier alpha value is -0.650. The van der Waals surface area contributed by atoms with Crippen LogP contribution in [0.5, 0.6) is 0 Å². The van der Waals surface area contributed by atoms with Crippen LogP contribution in [0.4, 0.5) is 0 Å². The summed E-state index contributed by atoms with van der Waals surface area (Å²) in [6, 6.07) is 0.510. The Kier molecular flexibility index (Phi) is 4.82. The second-order valence-corrected chi connectivity index (χ2v) is 6.52. The largest absolute Gasteiger partial charge is 0.465 e. The smallest absolute Gasteiger partial charge is 0.326 e. The highest BCUT2D eigenvalue weighted by Gasteiger charge is 2.51. The molecule has 0 aromatic carbocycles. The molecule has 120 valence electrons. The molecule has 2 aliphatic carbocycles. The van der Waals surface area contributed by atoms with E-state index in [4.69, 9.17) is 14.2 Å². The van der Waals surface area contributed by atoms with Crippen molar-refractivity contribution >= 4 is 5.97 Å². The Morgan fingerprint density at radius 3 is 2.76 bits per heavy atom. The number of carbonyl (C=O) groups excluding carboxylic acids is 1. The summed E-state index contributed by atoms with van der Waals surface area (Å²) in [4.78, 5) is 12.6. The summed E-state index contributed by atoms with van der Waals surface area (Å²) in [7, 11) is 0. The highest BCUT2D eigenvalue weighted by molar-refractivity contribution is 5.82. The summed E-state index contributed by atoms with van der Waals surface area (Å²) >= 11 is 0. The van der Waals surface area contributed by atoms with E-state index in [2.05, 4.69) is 5.32 Å². The molecule has 5 nitrogen and oxygen atoms in total. The average Bonchev–Trinajstić information content (AvgIpc) is 3.13. The molecule has 0 amide bonds. The lowest BCUT2D eigenvalue weighted by atomic mass is 9.84. The van der Waals surface area contributed by atoms with E-state index in [1.54, 1.807) is 0 Å². The number of carbonyl (C=O) groups is 1. The van der Waals surface area contributed by atoms with Crippen molar-refractivity contribution in [2.75, 3.05) is 26.4 Å². The number of hydrogen-bond donors (Lipinski definition) is 1. The van der Waals surface area contributed by atoms with Crippen LogP contribution >= 0.6 is 0 Å². The van der Waals surface area contributed by atoms with Crippen molar-refractivity contribution in [1.29, 1.82) is 0 Å². The fraction of sp³-hybridized carbons (Fsp3) is 0.938. The summed E-state index contributed by atoms with van der Waals surface area (Å²) in [5.74, 6) is 0.282. The molecule has 1 N–H and O–H groups in total. The third-order valence-corrected chi connectivity index (χ3v) is 4.93. The summed E-state index contributed by atoms with van der Waals surface area (Å²) in [6.45, 7) is 4.48. The standard InChI is InChI=1S/C16H27NO4/c1-2-20-15(18)16(17-13-5-6-13)8-3-4-12(16)7-9-21-14-10-19-11-14/h12-14,17H,2-11H2,1H3. The first-order valence-corrected chi connectivity index (χ1v) is 8.39. The first-order chi connectivity index (χ1) is 10.2. The van der Waals surface area contributed by atoms with E-state index in [1.165, 1.54) is 12.8 Å². The lowest BCUT2D eigenvalue weighted by molar-refractivity contribution is -0.154. The van der Waals surface area contributed by atoms with Gasteiger partial charge in [0.1, 0.15) is 11.6 Å². The third kappa shape index (κ3) is 3.41. The van der Waals surface area contributed by atoms with Crippen LogP contribution in [0.3, 0.4) is 0 Å². The van der Waals surface area contributed by atoms with Gasteiger partial charge in [0.2, 0.25) is 0 Å². The van der Waals surface area contributed by atoms with Crippen LogP contribution in [0, 0.1) is 5.92 Å². The van der Waals surface area contributed by atoms with E-state index < -0.39 is 5.54 Å². The summed E-state index contributed by atoms with van der Waals surface area (Å²) in [6.07, 6.45) is 6.64. The van der Waals surface area contributed by atoms with Gasteiger partial charge >= 0.3 is 5.97 Å². The van der Waals surface area contributed by atoms with Gasteiger partial charge in [-0.05, 0) is 44.9 Å². The van der Waals surface area contributed by atoms with Gasteiger partial charge in [-0.2, -0.15) is 0 Å². The first-order valence-electron chi connectivity index (χ1n) is 8.39. The van der Waals surface area contributed by atoms with Crippen molar-refractivity contribution in [1.82, 2.24) is 5.32 Å². The molecule has 0 aromatic rings. The average molecular weight is 297 g/mol. The van der Waals surface area contributed by atoms with Crippen LogP contribution in [0.25, 0.3) is 0 Å². The van der Waals surface area contributed by atoms with Crippen LogP contribution in [0.2, 0.25) is 0 Å². The van der Waals surface area contributed by atoms with Gasteiger partial charge in [0, 0.05) is 12.6 Å². The van der Waals surface area contributed by atoms with Gasteiger partial charge in [-0.25, -0.2) is 0 Å². The first kappa shape index (κ1) is 15.3. The van der Waals surface area contributed by atoms with Gasteiger partial charge in [-0.15, -0.1) is 0 Å². The quantitative estimate of drug-likeness (QED) is 0.690. The van der Waals surface area contributed by atoms with Crippen LogP contribution in [0.15, 0.2) is 0 Å². The van der Waals surface area contributed by atoms with E-state index in [9.17, 15) is 4.79 Å². The van der Waals surface area contributed by atoms with Gasteiger partial charge in [-0.3, -0.25) is 10.1 Å². The highest BCUT2D eigenvalue weighted by Crippen LogP contribution is 2.41. The monoisotopic (exact) mass is 297 g/mol. The van der Waals surface area contributed by atoms with Gasteiger partial charge in [0.25, 0.3) is 0 Å². The highest BCUT2D eigenvalue weighted by atomic mass is 16.6. The minimum absolute atomic E-state index is 0.0497. The fourth-order valence-electron chi connectivity index (χ4n) is 3.53. The molecule has 2 atom stereocenters.